The zero-order valence-electron chi connectivity index (χ0n) is 26.1. The molecule has 2 aliphatic heterocycles. The van der Waals surface area contributed by atoms with E-state index in [1.807, 2.05) is 41.5 Å². The third kappa shape index (κ3) is 7.16. The van der Waals surface area contributed by atoms with Crippen LogP contribution >= 0.6 is 0 Å². The molecule has 10 nitrogen and oxygen atoms in total. The van der Waals surface area contributed by atoms with E-state index in [0.29, 0.717) is 11.3 Å². The van der Waals surface area contributed by atoms with Gasteiger partial charge < -0.3 is 29.0 Å². The number of fused-ring (bicyclic) bond motifs is 1. The highest BCUT2D eigenvalue weighted by Crippen LogP contribution is 2.38. The van der Waals surface area contributed by atoms with Crippen LogP contribution in [0.15, 0.2) is 41.3 Å². The summed E-state index contributed by atoms with van der Waals surface area (Å²) < 4.78 is 66.0. The SMILES string of the molecule is CC(C)Oc1ccc(CN2C(=O)[C@@H](NC(=O)OC(C)(C)C)CS(=O)(=O)c3cc(F)c(B4OC(C)(C)C(C)(C)O4)cc32)cc1. The number of nitrogens with one attached hydrogen (secondary N) is 1. The molecule has 2 heterocycles. The summed E-state index contributed by atoms with van der Waals surface area (Å²) in [5, 5.41) is 2.41. The second kappa shape index (κ2) is 11.4. The molecule has 0 aromatic heterocycles. The molecule has 1 atom stereocenters. The predicted molar refractivity (Wildman–Crippen MR) is 161 cm³/mol. The lowest BCUT2D eigenvalue weighted by atomic mass is 9.78. The number of sulfone groups is 1. The van der Waals surface area contributed by atoms with Crippen molar-refractivity contribution in [3.05, 3.63) is 47.8 Å². The second-order valence-electron chi connectivity index (χ2n) is 13.1. The first kappa shape index (κ1) is 32.8. The average molecular weight is 619 g/mol. The van der Waals surface area contributed by atoms with E-state index in [4.69, 9.17) is 18.8 Å². The lowest BCUT2D eigenvalue weighted by molar-refractivity contribution is -0.120. The standard InChI is InChI=1S/C30H40BFN2O8S/c1-18(2)39-20-12-10-19(11-13-20)16-34-24-14-21(31-41-29(6,7)30(8,9)42-31)22(32)15-25(24)43(37,38)17-23(26(34)35)33-27(36)40-28(3,4)5/h10-15,18,23H,16-17H2,1-9H3,(H,33,36)/t23-/m0/s1. The number of benzene rings is 2. The van der Waals surface area contributed by atoms with E-state index in [0.717, 1.165) is 6.07 Å². The third-order valence-corrected chi connectivity index (χ3v) is 9.26. The summed E-state index contributed by atoms with van der Waals surface area (Å²) >= 11 is 0. The highest BCUT2D eigenvalue weighted by Gasteiger charge is 2.53. The Morgan fingerprint density at radius 1 is 1.12 bits per heavy atom. The topological polar surface area (TPSA) is 120 Å². The number of carbonyl (C=O) groups excluding carboxylic acids is 2. The fraction of sp³-hybridized carbons (Fsp3) is 0.533. The van der Waals surface area contributed by atoms with Crippen LogP contribution in [0.3, 0.4) is 0 Å². The minimum absolute atomic E-state index is 0.0434. The van der Waals surface area contributed by atoms with Gasteiger partial charge in [-0.3, -0.25) is 4.79 Å². The molecule has 43 heavy (non-hydrogen) atoms. The Kier molecular flexibility index (Phi) is 8.69. The Morgan fingerprint density at radius 3 is 2.23 bits per heavy atom. The van der Waals surface area contributed by atoms with Gasteiger partial charge in [0, 0.05) is 5.46 Å². The Balaban J connectivity index is 1.81. The van der Waals surface area contributed by atoms with Crippen LogP contribution in [0.4, 0.5) is 14.9 Å². The summed E-state index contributed by atoms with van der Waals surface area (Å²) in [5.41, 5.74) is -1.93. The molecule has 234 valence electrons. The van der Waals surface area contributed by atoms with Gasteiger partial charge in [-0.1, -0.05) is 12.1 Å². The van der Waals surface area contributed by atoms with Crippen molar-refractivity contribution in [3.8, 4) is 5.75 Å². The number of rotatable bonds is 6. The van der Waals surface area contributed by atoms with E-state index in [2.05, 4.69) is 5.32 Å². The largest absolute Gasteiger partial charge is 0.497 e. The van der Waals surface area contributed by atoms with Gasteiger partial charge in [0.05, 0.1) is 40.2 Å². The molecule has 0 spiro atoms. The maximum absolute atomic E-state index is 15.7. The van der Waals surface area contributed by atoms with Crippen molar-refractivity contribution in [1.82, 2.24) is 5.32 Å². The molecule has 0 radical (unpaired) electrons. The van der Waals surface area contributed by atoms with Crippen molar-refractivity contribution in [1.29, 1.82) is 0 Å². The molecule has 1 saturated heterocycles. The van der Waals surface area contributed by atoms with Gasteiger partial charge in [-0.15, -0.1) is 0 Å². The van der Waals surface area contributed by atoms with Gasteiger partial charge in [-0.25, -0.2) is 17.6 Å². The second-order valence-corrected chi connectivity index (χ2v) is 15.1. The monoisotopic (exact) mass is 618 g/mol. The van der Waals surface area contributed by atoms with Crippen LogP contribution in [0.2, 0.25) is 0 Å². The Hall–Kier alpha value is -3.16. The highest BCUT2D eigenvalue weighted by atomic mass is 32.2. The van der Waals surface area contributed by atoms with Gasteiger partial charge in [0.15, 0.2) is 9.84 Å². The zero-order chi connectivity index (χ0) is 32.1. The van der Waals surface area contributed by atoms with Crippen molar-refractivity contribution in [2.75, 3.05) is 10.7 Å². The number of hydrogen-bond acceptors (Lipinski definition) is 8. The molecule has 1 N–H and O–H groups in total. The van der Waals surface area contributed by atoms with Crippen molar-refractivity contribution in [2.24, 2.45) is 0 Å². The molecule has 2 aromatic rings. The smallest absolute Gasteiger partial charge is 0.491 e. The molecule has 2 amide bonds. The van der Waals surface area contributed by atoms with Gasteiger partial charge in [0.25, 0.3) is 5.91 Å². The van der Waals surface area contributed by atoms with Gasteiger partial charge >= 0.3 is 13.2 Å². The van der Waals surface area contributed by atoms with Gasteiger partial charge in [0.2, 0.25) is 0 Å². The van der Waals surface area contributed by atoms with E-state index in [1.165, 1.54) is 11.0 Å². The molecule has 4 rings (SSSR count). The minimum Gasteiger partial charge on any atom is -0.491 e. The molecular weight excluding hydrogens is 578 g/mol. The number of hydrogen-bond donors (Lipinski definition) is 1. The third-order valence-electron chi connectivity index (χ3n) is 7.49. The predicted octanol–water partition coefficient (Wildman–Crippen LogP) is 4.13. The molecule has 0 saturated carbocycles. The van der Waals surface area contributed by atoms with Crippen LogP contribution in [-0.4, -0.2) is 62.2 Å². The summed E-state index contributed by atoms with van der Waals surface area (Å²) in [5.74, 6) is -1.73. The molecule has 0 aliphatic carbocycles. The van der Waals surface area contributed by atoms with E-state index >= 15 is 4.39 Å². The molecule has 1 fully saturated rings. The van der Waals surface area contributed by atoms with Crippen LogP contribution in [0.5, 0.6) is 5.75 Å². The van der Waals surface area contributed by atoms with Crippen molar-refractivity contribution in [2.45, 2.75) is 103 Å². The summed E-state index contributed by atoms with van der Waals surface area (Å²) in [6.45, 7) is 15.9. The average Bonchev–Trinajstić information content (AvgIpc) is 3.03. The Bertz CT molecular complexity index is 1490. The maximum atomic E-state index is 15.7. The van der Waals surface area contributed by atoms with E-state index in [-0.39, 0.29) is 28.7 Å². The number of halogens is 1. The molecule has 13 heteroatoms. The van der Waals surface area contributed by atoms with Gasteiger partial charge in [-0.05, 0) is 92.1 Å². The molecule has 0 bridgehead atoms. The number of ether oxygens (including phenoxy) is 2. The Morgan fingerprint density at radius 2 is 1.70 bits per heavy atom. The quantitative estimate of drug-likeness (QED) is 0.480. The van der Waals surface area contributed by atoms with Gasteiger partial charge in [-0.2, -0.15) is 0 Å². The summed E-state index contributed by atoms with van der Waals surface area (Å²) in [7, 11) is -5.43. The number of alkyl carbamates (subject to hydrolysis) is 1. The first-order valence-corrected chi connectivity index (χ1v) is 15.8. The first-order chi connectivity index (χ1) is 19.7. The highest BCUT2D eigenvalue weighted by molar-refractivity contribution is 7.91. The summed E-state index contributed by atoms with van der Waals surface area (Å²) in [4.78, 5) is 27.6. The van der Waals surface area contributed by atoms with Crippen LogP contribution in [-0.2, 0) is 35.2 Å². The minimum atomic E-state index is -4.28. The van der Waals surface area contributed by atoms with Crippen molar-refractivity contribution in [3.63, 3.8) is 0 Å². The lowest BCUT2D eigenvalue weighted by Crippen LogP contribution is -2.51. The molecule has 2 aromatic carbocycles. The van der Waals surface area contributed by atoms with Crippen LogP contribution in [0.1, 0.15) is 67.9 Å². The van der Waals surface area contributed by atoms with E-state index in [9.17, 15) is 18.0 Å². The van der Waals surface area contributed by atoms with Gasteiger partial charge in [0.1, 0.15) is 23.2 Å². The number of nitrogens with zero attached hydrogens (tertiary/aromatic N) is 1. The molecule has 2 aliphatic rings. The zero-order valence-corrected chi connectivity index (χ0v) is 26.9. The number of amides is 2. The van der Waals surface area contributed by atoms with Crippen LogP contribution in [0.25, 0.3) is 0 Å². The van der Waals surface area contributed by atoms with E-state index in [1.54, 1.807) is 45.0 Å². The normalized spacial score (nSPS) is 20.9. The molecular formula is C30H40BFN2O8S. The fourth-order valence-electron chi connectivity index (χ4n) is 4.70. The van der Waals surface area contributed by atoms with Crippen molar-refractivity contribution < 1.29 is 41.2 Å². The first-order valence-electron chi connectivity index (χ1n) is 14.2. The Labute approximate surface area is 253 Å². The van der Waals surface area contributed by atoms with Crippen LogP contribution in [0, 0.1) is 5.82 Å². The summed E-state index contributed by atoms with van der Waals surface area (Å²) in [6, 6.07) is 7.66. The molecule has 0 unspecified atom stereocenters. The van der Waals surface area contributed by atoms with Crippen LogP contribution < -0.4 is 20.4 Å². The number of anilines is 1. The van der Waals surface area contributed by atoms with E-state index < -0.39 is 63.4 Å². The number of carbonyl (C=O) groups is 2. The maximum Gasteiger partial charge on any atom is 0.497 e. The lowest BCUT2D eigenvalue weighted by Gasteiger charge is -2.32. The fourth-order valence-corrected chi connectivity index (χ4v) is 6.32. The van der Waals surface area contributed by atoms with Crippen molar-refractivity contribution >= 4 is 40.1 Å². The summed E-state index contributed by atoms with van der Waals surface area (Å²) in [6.07, 6.45) is -0.996.